The molecule has 0 saturated heterocycles. The van der Waals surface area contributed by atoms with Crippen LogP contribution in [0.1, 0.15) is 5.56 Å². The number of non-ortho nitro benzene ring substituents is 1. The summed E-state index contributed by atoms with van der Waals surface area (Å²) in [5, 5.41) is 22.9. The molecule has 0 atom stereocenters. The second-order valence-corrected chi connectivity index (χ2v) is 9.45. The molecule has 34 heavy (non-hydrogen) atoms. The first-order valence-corrected chi connectivity index (χ1v) is 11.8. The van der Waals surface area contributed by atoms with Crippen molar-refractivity contribution in [3.05, 3.63) is 97.5 Å². The van der Waals surface area contributed by atoms with E-state index in [1.54, 1.807) is 12.1 Å². The molecular formula is C22H13BrClN3O6S. The number of rotatable bonds is 7. The monoisotopic (exact) mass is 561 g/mol. The number of nitro benzene ring substituents is 1. The van der Waals surface area contributed by atoms with Crippen molar-refractivity contribution in [3.8, 4) is 11.8 Å². The molecule has 9 nitrogen and oxygen atoms in total. The van der Waals surface area contributed by atoms with Crippen molar-refractivity contribution >= 4 is 61.0 Å². The van der Waals surface area contributed by atoms with Crippen LogP contribution in [0.3, 0.4) is 0 Å². The van der Waals surface area contributed by atoms with Gasteiger partial charge in [0, 0.05) is 22.2 Å². The molecule has 12 heteroatoms. The summed E-state index contributed by atoms with van der Waals surface area (Å²) < 4.78 is 31.0. The van der Waals surface area contributed by atoms with Gasteiger partial charge in [0.1, 0.15) is 22.3 Å². The van der Waals surface area contributed by atoms with Gasteiger partial charge >= 0.3 is 10.1 Å². The Bertz CT molecular complexity index is 1450. The maximum Gasteiger partial charge on any atom is 0.339 e. The summed E-state index contributed by atoms with van der Waals surface area (Å²) in [5.41, 5.74) is -0.691. The van der Waals surface area contributed by atoms with Gasteiger partial charge in [-0.25, -0.2) is 0 Å². The summed E-state index contributed by atoms with van der Waals surface area (Å²) in [4.78, 5) is 22.9. The summed E-state index contributed by atoms with van der Waals surface area (Å²) in [6.07, 6.45) is 1.13. The molecule has 0 unspecified atom stereocenters. The first-order valence-electron chi connectivity index (χ1n) is 9.27. The number of nitrogens with one attached hydrogen (secondary N) is 1. The number of nitro groups is 1. The van der Waals surface area contributed by atoms with Crippen LogP contribution in [0.5, 0.6) is 5.75 Å². The topological polar surface area (TPSA) is 139 Å². The van der Waals surface area contributed by atoms with Crippen LogP contribution in [-0.4, -0.2) is 19.2 Å². The summed E-state index contributed by atoms with van der Waals surface area (Å²) in [5.74, 6) is -1.04. The van der Waals surface area contributed by atoms with Gasteiger partial charge < -0.3 is 9.50 Å². The molecule has 172 valence electrons. The van der Waals surface area contributed by atoms with E-state index >= 15 is 0 Å². The lowest BCUT2D eigenvalue weighted by Crippen LogP contribution is -2.14. The van der Waals surface area contributed by atoms with Gasteiger partial charge in [0.2, 0.25) is 0 Å². The Morgan fingerprint density at radius 1 is 1.15 bits per heavy atom. The van der Waals surface area contributed by atoms with Gasteiger partial charge in [0.05, 0.1) is 15.6 Å². The molecule has 0 saturated carbocycles. The normalized spacial score (nSPS) is 11.4. The van der Waals surface area contributed by atoms with Crippen molar-refractivity contribution in [2.24, 2.45) is 0 Å². The molecule has 0 aromatic heterocycles. The largest absolute Gasteiger partial charge is 0.378 e. The molecule has 0 bridgehead atoms. The molecule has 1 amide bonds. The number of halogens is 2. The minimum absolute atomic E-state index is 0.0247. The highest BCUT2D eigenvalue weighted by Crippen LogP contribution is 2.30. The maximum absolute atomic E-state index is 12.7. The Hall–Kier alpha value is -3.72. The third kappa shape index (κ3) is 5.99. The van der Waals surface area contributed by atoms with Crippen LogP contribution in [0.25, 0.3) is 6.08 Å². The van der Waals surface area contributed by atoms with Crippen LogP contribution in [0.15, 0.2) is 81.7 Å². The molecule has 3 aromatic carbocycles. The zero-order chi connectivity index (χ0) is 24.9. The fourth-order valence-corrected chi connectivity index (χ4v) is 4.20. The molecule has 0 aliphatic heterocycles. The second kappa shape index (κ2) is 10.5. The Morgan fingerprint density at radius 3 is 2.50 bits per heavy atom. The highest BCUT2D eigenvalue weighted by Gasteiger charge is 2.20. The number of benzene rings is 3. The predicted octanol–water partition coefficient (Wildman–Crippen LogP) is 5.32. The van der Waals surface area contributed by atoms with Crippen molar-refractivity contribution in [2.45, 2.75) is 4.90 Å². The van der Waals surface area contributed by atoms with Crippen LogP contribution >= 0.6 is 27.5 Å². The van der Waals surface area contributed by atoms with Crippen LogP contribution in [0.4, 0.5) is 11.4 Å². The minimum atomic E-state index is -4.19. The number of nitrogens with zero attached hydrogens (tertiary/aromatic N) is 2. The Kier molecular flexibility index (Phi) is 7.68. The summed E-state index contributed by atoms with van der Waals surface area (Å²) in [7, 11) is -4.19. The average molecular weight is 563 g/mol. The molecule has 0 spiro atoms. The van der Waals surface area contributed by atoms with E-state index in [4.69, 9.17) is 15.8 Å². The van der Waals surface area contributed by atoms with E-state index in [9.17, 15) is 28.6 Å². The average Bonchev–Trinajstić information content (AvgIpc) is 2.80. The van der Waals surface area contributed by atoms with Crippen molar-refractivity contribution in [1.29, 1.82) is 5.26 Å². The first kappa shape index (κ1) is 24.9. The zero-order valence-corrected chi connectivity index (χ0v) is 20.1. The first-order chi connectivity index (χ1) is 16.1. The van der Waals surface area contributed by atoms with E-state index in [1.807, 2.05) is 0 Å². The van der Waals surface area contributed by atoms with E-state index in [0.717, 1.165) is 18.2 Å². The quantitative estimate of drug-likeness (QED) is 0.135. The number of carbonyl (C=O) groups excluding carboxylic acids is 1. The lowest BCUT2D eigenvalue weighted by atomic mass is 10.1. The van der Waals surface area contributed by atoms with E-state index < -0.39 is 26.5 Å². The molecule has 0 aliphatic carbocycles. The SMILES string of the molecule is N#C/C(=C\c1cc(Br)ccc1OS(=O)(=O)c1ccccc1)C(=O)Nc1cc([N+](=O)[O-])ccc1Cl. The van der Waals surface area contributed by atoms with Crippen LogP contribution in [0.2, 0.25) is 5.02 Å². The number of hydrogen-bond donors (Lipinski definition) is 1. The number of nitriles is 1. The fraction of sp³-hybridized carbons (Fsp3) is 0. The Labute approximate surface area is 207 Å². The highest BCUT2D eigenvalue weighted by molar-refractivity contribution is 9.10. The number of carbonyl (C=O) groups is 1. The van der Waals surface area contributed by atoms with Crippen LogP contribution in [-0.2, 0) is 14.9 Å². The van der Waals surface area contributed by atoms with E-state index in [2.05, 4.69) is 21.2 Å². The van der Waals surface area contributed by atoms with Gasteiger partial charge in [-0.2, -0.15) is 13.7 Å². The minimum Gasteiger partial charge on any atom is -0.378 e. The molecule has 0 aliphatic rings. The Balaban J connectivity index is 1.96. The van der Waals surface area contributed by atoms with Crippen molar-refractivity contribution in [1.82, 2.24) is 0 Å². The molecule has 1 N–H and O–H groups in total. The van der Waals surface area contributed by atoms with E-state index in [1.165, 1.54) is 48.5 Å². The van der Waals surface area contributed by atoms with Crippen molar-refractivity contribution in [2.75, 3.05) is 5.32 Å². The van der Waals surface area contributed by atoms with E-state index in [0.29, 0.717) is 4.47 Å². The third-order valence-corrected chi connectivity index (χ3v) is 6.35. The third-order valence-electron chi connectivity index (χ3n) is 4.28. The molecule has 3 rings (SSSR count). The molecule has 3 aromatic rings. The smallest absolute Gasteiger partial charge is 0.339 e. The molecule has 0 heterocycles. The maximum atomic E-state index is 12.7. The molecule has 0 radical (unpaired) electrons. The van der Waals surface area contributed by atoms with Crippen LogP contribution in [0, 0.1) is 21.4 Å². The predicted molar refractivity (Wildman–Crippen MR) is 129 cm³/mol. The standard InChI is InChI=1S/C22H13BrClN3O6S/c23-16-6-9-21(33-34(31,32)18-4-2-1-3-5-18)14(11-16)10-15(13-25)22(28)26-20-12-17(27(29)30)7-8-19(20)24/h1-12H,(H,26,28)/b15-10+. The van der Waals surface area contributed by atoms with Gasteiger partial charge in [-0.05, 0) is 42.5 Å². The number of anilines is 1. The van der Waals surface area contributed by atoms with Crippen LogP contribution < -0.4 is 9.50 Å². The zero-order valence-electron chi connectivity index (χ0n) is 16.9. The van der Waals surface area contributed by atoms with Gasteiger partial charge in [0.15, 0.2) is 0 Å². The Morgan fingerprint density at radius 2 is 1.85 bits per heavy atom. The summed E-state index contributed by atoms with van der Waals surface area (Å²) in [6, 6.07) is 17.0. The summed E-state index contributed by atoms with van der Waals surface area (Å²) in [6.45, 7) is 0. The molecule has 0 fully saturated rings. The van der Waals surface area contributed by atoms with Gasteiger partial charge in [0.25, 0.3) is 11.6 Å². The molecular weight excluding hydrogens is 550 g/mol. The number of amides is 1. The lowest BCUT2D eigenvalue weighted by molar-refractivity contribution is -0.384. The highest BCUT2D eigenvalue weighted by atomic mass is 79.9. The lowest BCUT2D eigenvalue weighted by Gasteiger charge is -2.11. The van der Waals surface area contributed by atoms with Crippen molar-refractivity contribution < 1.29 is 22.3 Å². The van der Waals surface area contributed by atoms with Gasteiger partial charge in [-0.3, -0.25) is 14.9 Å². The van der Waals surface area contributed by atoms with Crippen molar-refractivity contribution in [3.63, 3.8) is 0 Å². The van der Waals surface area contributed by atoms with Gasteiger partial charge in [-0.1, -0.05) is 45.7 Å². The summed E-state index contributed by atoms with van der Waals surface area (Å²) >= 11 is 9.25. The fourth-order valence-electron chi connectivity index (χ4n) is 2.68. The number of hydrogen-bond acceptors (Lipinski definition) is 7. The van der Waals surface area contributed by atoms with Gasteiger partial charge in [-0.15, -0.1) is 0 Å². The second-order valence-electron chi connectivity index (χ2n) is 6.58. The van der Waals surface area contributed by atoms with E-state index in [-0.39, 0.29) is 32.6 Å².